The van der Waals surface area contributed by atoms with Gasteiger partial charge in [-0.1, -0.05) is 19.1 Å². The maximum Gasteiger partial charge on any atom is 0.266 e. The monoisotopic (exact) mass is 433 g/mol. The lowest BCUT2D eigenvalue weighted by molar-refractivity contribution is -0.112. The summed E-state index contributed by atoms with van der Waals surface area (Å²) in [5.74, 6) is -0.510. The van der Waals surface area contributed by atoms with Gasteiger partial charge in [-0.3, -0.25) is 4.79 Å². The maximum atomic E-state index is 15.1. The topological polar surface area (TPSA) is 65.4 Å². The van der Waals surface area contributed by atoms with E-state index in [0.29, 0.717) is 11.4 Å². The Morgan fingerprint density at radius 2 is 2.06 bits per heavy atom. The zero-order chi connectivity index (χ0) is 23.5. The predicted octanol–water partition coefficient (Wildman–Crippen LogP) is 5.79. The van der Waals surface area contributed by atoms with Gasteiger partial charge in [0.1, 0.15) is 23.2 Å². The molecule has 32 heavy (non-hydrogen) atoms. The number of hydrogen-bond acceptors (Lipinski definition) is 4. The number of nitrogens with one attached hydrogen (secondary N) is 1. The molecule has 0 atom stereocenters. The van der Waals surface area contributed by atoms with Crippen LogP contribution in [0.15, 0.2) is 48.0 Å². The van der Waals surface area contributed by atoms with Crippen molar-refractivity contribution >= 4 is 28.9 Å². The number of rotatable bonds is 6. The summed E-state index contributed by atoms with van der Waals surface area (Å²) in [6, 6.07) is 11.9. The highest BCUT2D eigenvalue weighted by Crippen LogP contribution is 2.40. The maximum absolute atomic E-state index is 15.1. The number of methoxy groups -OCH3 is 1. The Morgan fingerprint density at radius 1 is 1.31 bits per heavy atom. The van der Waals surface area contributed by atoms with E-state index in [-0.39, 0.29) is 16.7 Å². The third-order valence-electron chi connectivity index (χ3n) is 5.54. The number of halogens is 1. The Bertz CT molecular complexity index is 1140. The number of allylic oxidation sites excluding steroid dienone is 1. The first kappa shape index (κ1) is 23.1. The van der Waals surface area contributed by atoms with E-state index < -0.39 is 11.7 Å². The summed E-state index contributed by atoms with van der Waals surface area (Å²) in [6.45, 7) is 9.10. The standard InChI is InChI=1S/C26H28FN3O2/c1-6-10-30-24-14-23(27)18(12-22(24)17(2)15-26(30,3)4)11-19(16-28)25(31)29-20-8-7-9-21(13-20)32-5/h7-9,11-15H,6,10H2,1-5H3,(H,29,31)/b19-11+. The molecule has 0 saturated carbocycles. The molecule has 2 aromatic rings. The average molecular weight is 434 g/mol. The number of carbonyl (C=O) groups is 1. The Labute approximate surface area is 188 Å². The number of fused-ring (bicyclic) bond motifs is 1. The normalized spacial score (nSPS) is 14.8. The molecule has 1 aliphatic rings. The van der Waals surface area contributed by atoms with E-state index >= 15 is 4.39 Å². The van der Waals surface area contributed by atoms with E-state index in [4.69, 9.17) is 4.74 Å². The van der Waals surface area contributed by atoms with Crippen molar-refractivity contribution < 1.29 is 13.9 Å². The van der Waals surface area contributed by atoms with E-state index in [1.165, 1.54) is 19.3 Å². The molecular weight excluding hydrogens is 405 g/mol. The Balaban J connectivity index is 1.97. The number of nitrogens with zero attached hydrogens (tertiary/aromatic N) is 2. The van der Waals surface area contributed by atoms with Crippen LogP contribution < -0.4 is 15.0 Å². The van der Waals surface area contributed by atoms with Crippen LogP contribution in [-0.4, -0.2) is 25.1 Å². The van der Waals surface area contributed by atoms with Crippen LogP contribution in [0.1, 0.15) is 45.2 Å². The van der Waals surface area contributed by atoms with Crippen LogP contribution >= 0.6 is 0 Å². The van der Waals surface area contributed by atoms with Crippen molar-refractivity contribution in [2.75, 3.05) is 23.9 Å². The van der Waals surface area contributed by atoms with Gasteiger partial charge >= 0.3 is 0 Å². The first-order valence-electron chi connectivity index (χ1n) is 10.6. The van der Waals surface area contributed by atoms with Crippen LogP contribution in [0.5, 0.6) is 5.75 Å². The van der Waals surface area contributed by atoms with Crippen LogP contribution in [0.3, 0.4) is 0 Å². The summed E-state index contributed by atoms with van der Waals surface area (Å²) >= 11 is 0. The first-order valence-corrected chi connectivity index (χ1v) is 10.6. The minimum absolute atomic E-state index is 0.185. The fraction of sp³-hybridized carbons (Fsp3) is 0.308. The highest BCUT2D eigenvalue weighted by Gasteiger charge is 2.31. The van der Waals surface area contributed by atoms with Gasteiger partial charge in [0, 0.05) is 35.1 Å². The largest absolute Gasteiger partial charge is 0.497 e. The van der Waals surface area contributed by atoms with E-state index in [2.05, 4.69) is 37.1 Å². The van der Waals surface area contributed by atoms with Crippen molar-refractivity contribution in [3.63, 3.8) is 0 Å². The summed E-state index contributed by atoms with van der Waals surface area (Å²) in [6.07, 6.45) is 4.39. The van der Waals surface area contributed by atoms with Crippen molar-refractivity contribution in [1.82, 2.24) is 0 Å². The number of amides is 1. The van der Waals surface area contributed by atoms with Crippen LogP contribution in [0.25, 0.3) is 11.6 Å². The van der Waals surface area contributed by atoms with Crippen LogP contribution in [0, 0.1) is 17.1 Å². The molecule has 0 aromatic heterocycles. The summed E-state index contributed by atoms with van der Waals surface area (Å²) < 4.78 is 20.3. The van der Waals surface area contributed by atoms with Gasteiger partial charge in [0.05, 0.1) is 12.6 Å². The summed E-state index contributed by atoms with van der Waals surface area (Å²) in [7, 11) is 1.53. The molecule has 166 valence electrons. The molecule has 3 rings (SSSR count). The molecule has 0 saturated heterocycles. The molecule has 0 radical (unpaired) electrons. The smallest absolute Gasteiger partial charge is 0.266 e. The van der Waals surface area contributed by atoms with Crippen molar-refractivity contribution in [3.05, 3.63) is 65.0 Å². The van der Waals surface area contributed by atoms with E-state index in [1.54, 1.807) is 30.3 Å². The molecule has 1 N–H and O–H groups in total. The number of benzene rings is 2. The lowest BCUT2D eigenvalue weighted by Gasteiger charge is -2.43. The molecule has 2 aromatic carbocycles. The van der Waals surface area contributed by atoms with Crippen LogP contribution in [0.2, 0.25) is 0 Å². The zero-order valence-corrected chi connectivity index (χ0v) is 19.1. The molecule has 0 unspecified atom stereocenters. The molecule has 0 fully saturated rings. The molecule has 1 aliphatic heterocycles. The summed E-state index contributed by atoms with van der Waals surface area (Å²) in [4.78, 5) is 14.8. The summed E-state index contributed by atoms with van der Waals surface area (Å²) in [5, 5.41) is 12.2. The number of hydrogen-bond donors (Lipinski definition) is 1. The van der Waals surface area contributed by atoms with Gasteiger partial charge in [-0.2, -0.15) is 5.26 Å². The second kappa shape index (κ2) is 9.27. The number of carbonyl (C=O) groups excluding carboxylic acids is 1. The summed E-state index contributed by atoms with van der Waals surface area (Å²) in [5.41, 5.74) is 3.02. The number of nitriles is 1. The Morgan fingerprint density at radius 3 is 2.72 bits per heavy atom. The van der Waals surface area contributed by atoms with Gasteiger partial charge in [-0.25, -0.2) is 4.39 Å². The first-order chi connectivity index (χ1) is 15.2. The highest BCUT2D eigenvalue weighted by molar-refractivity contribution is 6.09. The van der Waals surface area contributed by atoms with E-state index in [1.807, 2.05) is 13.0 Å². The van der Waals surface area contributed by atoms with E-state index in [0.717, 1.165) is 29.8 Å². The van der Waals surface area contributed by atoms with Gasteiger partial charge in [0.2, 0.25) is 0 Å². The van der Waals surface area contributed by atoms with Crippen molar-refractivity contribution in [1.29, 1.82) is 5.26 Å². The van der Waals surface area contributed by atoms with Gasteiger partial charge in [-0.05, 0) is 63.1 Å². The molecule has 0 bridgehead atoms. The zero-order valence-electron chi connectivity index (χ0n) is 19.1. The lowest BCUT2D eigenvalue weighted by atomic mass is 9.87. The highest BCUT2D eigenvalue weighted by atomic mass is 19.1. The quantitative estimate of drug-likeness (QED) is 0.462. The molecule has 5 nitrogen and oxygen atoms in total. The molecule has 1 amide bonds. The molecule has 1 heterocycles. The van der Waals surface area contributed by atoms with Crippen molar-refractivity contribution in [3.8, 4) is 11.8 Å². The fourth-order valence-corrected chi connectivity index (χ4v) is 4.06. The third-order valence-corrected chi connectivity index (χ3v) is 5.54. The molecule has 6 heteroatoms. The lowest BCUT2D eigenvalue weighted by Crippen LogP contribution is -2.45. The fourth-order valence-electron chi connectivity index (χ4n) is 4.06. The van der Waals surface area contributed by atoms with Crippen molar-refractivity contribution in [2.24, 2.45) is 0 Å². The van der Waals surface area contributed by atoms with Crippen LogP contribution in [0.4, 0.5) is 15.8 Å². The van der Waals surface area contributed by atoms with E-state index in [9.17, 15) is 10.1 Å². The second-order valence-corrected chi connectivity index (χ2v) is 8.38. The average Bonchev–Trinajstić information content (AvgIpc) is 2.75. The Kier molecular flexibility index (Phi) is 6.69. The number of anilines is 2. The second-order valence-electron chi connectivity index (χ2n) is 8.38. The molecule has 0 spiro atoms. The van der Waals surface area contributed by atoms with Crippen LogP contribution in [-0.2, 0) is 4.79 Å². The minimum atomic E-state index is -0.612. The number of ether oxygens (including phenoxy) is 1. The predicted molar refractivity (Wildman–Crippen MR) is 127 cm³/mol. The van der Waals surface area contributed by atoms with Crippen molar-refractivity contribution in [2.45, 2.75) is 39.7 Å². The SMILES string of the molecule is CCCN1c2cc(F)c(/C=C(\C#N)C(=O)Nc3cccc(OC)c3)cc2C(C)=CC1(C)C. The minimum Gasteiger partial charge on any atom is -0.497 e. The Hall–Kier alpha value is -3.59. The van der Waals surface area contributed by atoms with Gasteiger partial charge in [0.15, 0.2) is 0 Å². The van der Waals surface area contributed by atoms with Gasteiger partial charge < -0.3 is 15.0 Å². The molecular formula is C26H28FN3O2. The van der Waals surface area contributed by atoms with Gasteiger partial charge in [0.25, 0.3) is 5.91 Å². The van der Waals surface area contributed by atoms with Gasteiger partial charge in [-0.15, -0.1) is 0 Å². The third kappa shape index (κ3) is 4.67. The molecule has 0 aliphatic carbocycles.